The third kappa shape index (κ3) is 4.35. The zero-order chi connectivity index (χ0) is 15.2. The number of nitrogens with zero attached hydrogens (tertiary/aromatic N) is 3. The Kier molecular flexibility index (Phi) is 6.64. The van der Waals surface area contributed by atoms with Gasteiger partial charge in [0, 0.05) is 11.3 Å². The predicted molar refractivity (Wildman–Crippen MR) is 69.0 cm³/mol. The summed E-state index contributed by atoms with van der Waals surface area (Å²) in [7, 11) is 0. The quantitative estimate of drug-likeness (QED) is 0.305. The molecule has 0 amide bonds. The van der Waals surface area contributed by atoms with Gasteiger partial charge in [0.1, 0.15) is 0 Å². The van der Waals surface area contributed by atoms with Gasteiger partial charge in [0.05, 0.1) is 22.1 Å². The summed E-state index contributed by atoms with van der Waals surface area (Å²) in [5.41, 5.74) is -0.564. The van der Waals surface area contributed by atoms with Crippen molar-refractivity contribution >= 4 is 17.3 Å². The summed E-state index contributed by atoms with van der Waals surface area (Å²) in [6.07, 6.45) is 0. The Labute approximate surface area is 146 Å². The second kappa shape index (κ2) is 8.23. The second-order valence-corrected chi connectivity index (χ2v) is 3.81. The Morgan fingerprint density at radius 3 is 2.36 bits per heavy atom. The summed E-state index contributed by atoms with van der Waals surface area (Å²) in [6.45, 7) is 0. The van der Waals surface area contributed by atoms with Crippen molar-refractivity contribution in [1.82, 2.24) is 0 Å². The average molecular weight is 309 g/mol. The van der Waals surface area contributed by atoms with Crippen LogP contribution < -0.4 is 39.5 Å². The summed E-state index contributed by atoms with van der Waals surface area (Å²) in [4.78, 5) is 25.8. The van der Waals surface area contributed by atoms with Crippen molar-refractivity contribution in [3.05, 3.63) is 64.2 Å². The molecule has 22 heavy (non-hydrogen) atoms. The first-order valence-electron chi connectivity index (χ1n) is 5.71. The van der Waals surface area contributed by atoms with Crippen molar-refractivity contribution in [2.24, 2.45) is 10.4 Å². The summed E-state index contributed by atoms with van der Waals surface area (Å²) in [5, 5.41) is 28.8. The van der Waals surface area contributed by atoms with Gasteiger partial charge in [-0.05, 0) is 18.2 Å². The smallest absolute Gasteiger partial charge is 0.545 e. The molecule has 0 aliphatic rings. The molecule has 0 saturated heterocycles. The fourth-order valence-electron chi connectivity index (χ4n) is 1.53. The Morgan fingerprint density at radius 1 is 1.09 bits per heavy atom. The molecule has 2 aromatic carbocycles. The van der Waals surface area contributed by atoms with Gasteiger partial charge in [-0.15, -0.1) is 5.11 Å². The number of carbonyl (C=O) groups excluding carboxylic acids is 1. The van der Waals surface area contributed by atoms with Gasteiger partial charge < -0.3 is 14.7 Å². The van der Waals surface area contributed by atoms with Gasteiger partial charge in [0.2, 0.25) is 5.75 Å². The Hall–Kier alpha value is -2.29. The topological polar surface area (TPSA) is 117 Å². The van der Waals surface area contributed by atoms with Gasteiger partial charge in [-0.3, -0.25) is 10.1 Å². The van der Waals surface area contributed by atoms with E-state index >= 15 is 0 Å². The predicted octanol–water partition coefficient (Wildman–Crippen LogP) is -0.960. The molecule has 0 aliphatic heterocycles. The van der Waals surface area contributed by atoms with E-state index in [1.807, 2.05) is 0 Å². The van der Waals surface area contributed by atoms with Gasteiger partial charge in [-0.1, -0.05) is 24.3 Å². The second-order valence-electron chi connectivity index (χ2n) is 3.81. The molecule has 0 bridgehead atoms. The first kappa shape index (κ1) is 17.8. The minimum atomic E-state index is -1.61. The van der Waals surface area contributed by atoms with Crippen LogP contribution >= 0.6 is 0 Å². The van der Waals surface area contributed by atoms with Crippen LogP contribution in [0.2, 0.25) is 0 Å². The van der Waals surface area contributed by atoms with E-state index in [9.17, 15) is 20.0 Å². The average Bonchev–Trinajstić information content (AvgIpc) is 2.48. The summed E-state index contributed by atoms with van der Waals surface area (Å²) in [5.74, 6) is -2.13. The van der Waals surface area contributed by atoms with Crippen LogP contribution in [-0.2, 0) is 0 Å². The van der Waals surface area contributed by atoms with Gasteiger partial charge >= 0.3 is 35.2 Å². The van der Waals surface area contributed by atoms with Gasteiger partial charge in [0.15, 0.2) is 0 Å². The van der Waals surface area contributed by atoms with E-state index in [1.165, 1.54) is 6.07 Å². The summed E-state index contributed by atoms with van der Waals surface area (Å²) in [6, 6.07) is 11.9. The number of hydrogen-bond donors (Lipinski definition) is 0. The zero-order valence-corrected chi connectivity index (χ0v) is 13.5. The van der Waals surface area contributed by atoms with Crippen LogP contribution in [0, 0.1) is 10.1 Å². The first-order chi connectivity index (χ1) is 10.1. The maximum Gasteiger partial charge on any atom is 1.00 e. The molecule has 106 valence electrons. The molecule has 8 nitrogen and oxygen atoms in total. The van der Waals surface area contributed by atoms with Gasteiger partial charge in [-0.2, -0.15) is 0 Å². The van der Waals surface area contributed by atoms with Crippen molar-refractivity contribution in [2.75, 3.05) is 0 Å². The maximum absolute atomic E-state index is 10.9. The van der Waals surface area contributed by atoms with Gasteiger partial charge in [0.25, 0.3) is 0 Å². The number of benzene rings is 2. The number of carboxylic acids is 1. The van der Waals surface area contributed by atoms with Gasteiger partial charge in [-0.25, -0.2) is 0 Å². The van der Waals surface area contributed by atoms with Crippen molar-refractivity contribution in [3.63, 3.8) is 0 Å². The molecular formula is C13H8N3NaO5. The molecule has 0 unspecified atom stereocenters. The fourth-order valence-corrected chi connectivity index (χ4v) is 1.53. The van der Waals surface area contributed by atoms with Crippen LogP contribution in [0.25, 0.3) is 0 Å². The molecule has 0 fully saturated rings. The van der Waals surface area contributed by atoms with E-state index in [4.69, 9.17) is 4.84 Å². The SMILES string of the molecule is O=C([O-])c1cccc([N+](=O)[O-])c1ON=Nc1ccccc1.[Na+]. The van der Waals surface area contributed by atoms with E-state index in [0.29, 0.717) is 5.69 Å². The van der Waals surface area contributed by atoms with Crippen LogP contribution in [0.4, 0.5) is 11.4 Å². The standard InChI is InChI=1S/C13H9N3O5.Na/c17-13(18)10-7-4-8-11(16(19)20)12(10)21-15-14-9-5-2-1-3-6-9;/h1-8H,(H,17,18);/q;+1/p-1. The molecule has 0 heterocycles. The third-order valence-electron chi connectivity index (χ3n) is 2.46. The van der Waals surface area contributed by atoms with E-state index in [0.717, 1.165) is 12.1 Å². The van der Waals surface area contributed by atoms with Crippen molar-refractivity contribution in [2.45, 2.75) is 0 Å². The monoisotopic (exact) mass is 309 g/mol. The van der Waals surface area contributed by atoms with Crippen LogP contribution in [-0.4, -0.2) is 10.9 Å². The molecule has 0 aromatic heterocycles. The molecule has 0 saturated carbocycles. The van der Waals surface area contributed by atoms with Crippen LogP contribution in [0.15, 0.2) is 58.9 Å². The molecule has 0 atom stereocenters. The molecule has 0 radical (unpaired) electrons. The molecule has 2 aromatic rings. The Bertz CT molecular complexity index is 674. The van der Waals surface area contributed by atoms with Crippen LogP contribution in [0.5, 0.6) is 5.75 Å². The largest absolute Gasteiger partial charge is 1.00 e. The zero-order valence-electron chi connectivity index (χ0n) is 11.5. The first-order valence-corrected chi connectivity index (χ1v) is 5.71. The third-order valence-corrected chi connectivity index (χ3v) is 2.46. The van der Waals surface area contributed by atoms with Crippen LogP contribution in [0.3, 0.4) is 0 Å². The number of carbonyl (C=O) groups is 1. The maximum atomic E-state index is 10.9. The number of nitro groups is 1. The molecule has 2 rings (SSSR count). The summed E-state index contributed by atoms with van der Waals surface area (Å²) >= 11 is 0. The number of nitro benzene ring substituents is 1. The minimum Gasteiger partial charge on any atom is -0.545 e. The Morgan fingerprint density at radius 2 is 1.77 bits per heavy atom. The fraction of sp³-hybridized carbons (Fsp3) is 0. The molecule has 9 heteroatoms. The van der Waals surface area contributed by atoms with Crippen molar-refractivity contribution in [1.29, 1.82) is 0 Å². The van der Waals surface area contributed by atoms with E-state index in [-0.39, 0.29) is 29.6 Å². The van der Waals surface area contributed by atoms with Crippen molar-refractivity contribution < 1.29 is 49.2 Å². The minimum absolute atomic E-state index is 0. The number of hydrogen-bond acceptors (Lipinski definition) is 7. The van der Waals surface area contributed by atoms with Crippen LogP contribution in [0.1, 0.15) is 10.4 Å². The number of rotatable bonds is 5. The Balaban J connectivity index is 0.00000242. The molecule has 0 aliphatic carbocycles. The molecular weight excluding hydrogens is 301 g/mol. The van der Waals surface area contributed by atoms with E-state index < -0.39 is 27.9 Å². The van der Waals surface area contributed by atoms with Crippen molar-refractivity contribution in [3.8, 4) is 5.75 Å². The van der Waals surface area contributed by atoms with E-state index in [2.05, 4.69) is 10.4 Å². The number of para-hydroxylation sites is 1. The molecule has 0 N–H and O–H groups in total. The number of carboxylic acid groups (broad SMARTS) is 1. The normalized spacial score (nSPS) is 10.0. The molecule has 0 spiro atoms. The van der Waals surface area contributed by atoms with E-state index in [1.54, 1.807) is 30.3 Å². The summed E-state index contributed by atoms with van der Waals surface area (Å²) < 4.78 is 0. The number of aromatic carboxylic acids is 1.